The van der Waals surface area contributed by atoms with Crippen molar-refractivity contribution in [3.8, 4) is 0 Å². The number of carbonyl (C=O) groups excluding carboxylic acids is 1. The van der Waals surface area contributed by atoms with Gasteiger partial charge >= 0.3 is 0 Å². The molecule has 1 aliphatic carbocycles. The molecule has 0 fully saturated rings. The van der Waals surface area contributed by atoms with Crippen molar-refractivity contribution in [2.75, 3.05) is 5.32 Å². The number of nitrogens with two attached hydrogens (primary N) is 1. The van der Waals surface area contributed by atoms with Gasteiger partial charge in [0, 0.05) is 11.4 Å². The Morgan fingerprint density at radius 3 is 2.88 bits per heavy atom. The highest BCUT2D eigenvalue weighted by molar-refractivity contribution is 7.13. The Labute approximate surface area is 105 Å². The van der Waals surface area contributed by atoms with Gasteiger partial charge in [0.1, 0.15) is 0 Å². The van der Waals surface area contributed by atoms with Crippen LogP contribution in [0.4, 0.5) is 5.13 Å². The predicted molar refractivity (Wildman–Crippen MR) is 70.1 cm³/mol. The predicted octanol–water partition coefficient (Wildman–Crippen LogP) is 2.11. The van der Waals surface area contributed by atoms with E-state index < -0.39 is 0 Å². The van der Waals surface area contributed by atoms with E-state index in [2.05, 4.69) is 24.1 Å². The van der Waals surface area contributed by atoms with E-state index in [9.17, 15) is 4.79 Å². The Bertz CT molecular complexity index is 439. The van der Waals surface area contributed by atoms with Crippen LogP contribution in [0.1, 0.15) is 31.9 Å². The van der Waals surface area contributed by atoms with E-state index >= 15 is 0 Å². The van der Waals surface area contributed by atoms with Crippen LogP contribution in [0.5, 0.6) is 0 Å². The molecule has 0 saturated carbocycles. The molecule has 4 nitrogen and oxygen atoms in total. The van der Waals surface area contributed by atoms with Crippen LogP contribution in [-0.2, 0) is 4.79 Å². The van der Waals surface area contributed by atoms with Gasteiger partial charge in [0.15, 0.2) is 5.13 Å². The lowest BCUT2D eigenvalue weighted by molar-refractivity contribution is -0.118. The zero-order valence-corrected chi connectivity index (χ0v) is 10.8. The molecule has 2 atom stereocenters. The normalized spacial score (nSPS) is 23.3. The number of hydrogen-bond donors (Lipinski definition) is 2. The highest BCUT2D eigenvalue weighted by atomic mass is 32.1. The third kappa shape index (κ3) is 2.92. The summed E-state index contributed by atoms with van der Waals surface area (Å²) in [5.74, 6) is 0.256. The first-order valence-electron chi connectivity index (χ1n) is 5.76. The zero-order valence-electron chi connectivity index (χ0n) is 10.0. The number of carbonyl (C=O) groups is 1. The number of hydrogen-bond acceptors (Lipinski definition) is 4. The summed E-state index contributed by atoms with van der Waals surface area (Å²) in [6, 6.07) is 0.00766. The van der Waals surface area contributed by atoms with Gasteiger partial charge in [0.25, 0.3) is 0 Å². The van der Waals surface area contributed by atoms with Crippen LogP contribution in [0.2, 0.25) is 0 Å². The lowest BCUT2D eigenvalue weighted by Gasteiger charge is -2.08. The van der Waals surface area contributed by atoms with Crippen molar-refractivity contribution in [2.45, 2.75) is 32.2 Å². The fourth-order valence-electron chi connectivity index (χ4n) is 1.73. The Kier molecular flexibility index (Phi) is 3.59. The molecule has 1 aromatic rings. The van der Waals surface area contributed by atoms with Crippen molar-refractivity contribution in [1.29, 1.82) is 0 Å². The number of thiazole rings is 1. The molecule has 17 heavy (non-hydrogen) atoms. The molecule has 1 aliphatic rings. The fourth-order valence-corrected chi connectivity index (χ4v) is 2.60. The van der Waals surface area contributed by atoms with Crippen LogP contribution in [0.15, 0.2) is 17.5 Å². The van der Waals surface area contributed by atoms with E-state index in [1.54, 1.807) is 0 Å². The lowest BCUT2D eigenvalue weighted by atomic mass is 10.1. The molecular formula is C12H17N3OS. The van der Waals surface area contributed by atoms with Gasteiger partial charge < -0.3 is 11.1 Å². The molecule has 1 heterocycles. The fraction of sp³-hybridized carbons (Fsp3) is 0.500. The minimum absolute atomic E-state index is 0.00766. The highest BCUT2D eigenvalue weighted by Gasteiger charge is 2.23. The quantitative estimate of drug-likeness (QED) is 0.808. The Morgan fingerprint density at radius 2 is 2.35 bits per heavy atom. The van der Waals surface area contributed by atoms with Gasteiger partial charge in [-0.05, 0) is 12.3 Å². The van der Waals surface area contributed by atoms with Crippen LogP contribution in [-0.4, -0.2) is 16.9 Å². The minimum atomic E-state index is -0.114. The maximum absolute atomic E-state index is 11.9. The number of amides is 1. The highest BCUT2D eigenvalue weighted by Crippen LogP contribution is 2.23. The molecule has 1 amide bonds. The summed E-state index contributed by atoms with van der Waals surface area (Å²) in [6.07, 6.45) is 4.44. The maximum Gasteiger partial charge on any atom is 0.233 e. The van der Waals surface area contributed by atoms with Gasteiger partial charge in [0.05, 0.1) is 11.6 Å². The summed E-state index contributed by atoms with van der Waals surface area (Å²) < 4.78 is 0. The third-order valence-corrected chi connectivity index (χ3v) is 3.57. The summed E-state index contributed by atoms with van der Waals surface area (Å²) in [5, 5.41) is 5.50. The van der Waals surface area contributed by atoms with Crippen molar-refractivity contribution in [2.24, 2.45) is 11.7 Å². The van der Waals surface area contributed by atoms with Crippen molar-refractivity contribution in [3.05, 3.63) is 23.2 Å². The molecule has 0 aromatic carbocycles. The molecule has 0 spiro atoms. The van der Waals surface area contributed by atoms with Crippen molar-refractivity contribution >= 4 is 22.4 Å². The molecule has 0 saturated heterocycles. The van der Waals surface area contributed by atoms with Crippen LogP contribution < -0.4 is 11.1 Å². The van der Waals surface area contributed by atoms with Crippen LogP contribution >= 0.6 is 11.3 Å². The SMILES string of the molecule is CC(C)c1csc(NC(=O)C2C=CC(N)C2)n1. The van der Waals surface area contributed by atoms with Gasteiger partial charge in [0.2, 0.25) is 5.91 Å². The first-order chi connectivity index (χ1) is 8.06. The average molecular weight is 251 g/mol. The summed E-state index contributed by atoms with van der Waals surface area (Å²) >= 11 is 1.47. The molecule has 1 aromatic heterocycles. The summed E-state index contributed by atoms with van der Waals surface area (Å²) in [6.45, 7) is 4.17. The Balaban J connectivity index is 1.96. The molecule has 3 N–H and O–H groups in total. The standard InChI is InChI=1S/C12H17N3OS/c1-7(2)10-6-17-12(14-10)15-11(16)8-3-4-9(13)5-8/h3-4,6-9H,5,13H2,1-2H3,(H,14,15,16). The second-order valence-electron chi connectivity index (χ2n) is 4.61. The molecule has 2 unspecified atom stereocenters. The molecular weight excluding hydrogens is 234 g/mol. The number of aromatic nitrogens is 1. The molecule has 2 rings (SSSR count). The van der Waals surface area contributed by atoms with E-state index in [0.717, 1.165) is 5.69 Å². The lowest BCUT2D eigenvalue weighted by Crippen LogP contribution is -2.23. The number of anilines is 1. The van der Waals surface area contributed by atoms with Crippen LogP contribution in [0.3, 0.4) is 0 Å². The van der Waals surface area contributed by atoms with Crippen LogP contribution in [0, 0.1) is 5.92 Å². The molecule has 92 valence electrons. The third-order valence-electron chi connectivity index (χ3n) is 2.80. The van der Waals surface area contributed by atoms with Gasteiger partial charge in [-0.25, -0.2) is 4.98 Å². The summed E-state index contributed by atoms with van der Waals surface area (Å²) in [4.78, 5) is 16.3. The first kappa shape index (κ1) is 12.3. The minimum Gasteiger partial charge on any atom is -0.324 e. The Hall–Kier alpha value is -1.20. The van der Waals surface area contributed by atoms with Gasteiger partial charge in [-0.1, -0.05) is 26.0 Å². The van der Waals surface area contributed by atoms with Gasteiger partial charge in [-0.2, -0.15) is 0 Å². The van der Waals surface area contributed by atoms with E-state index in [1.165, 1.54) is 11.3 Å². The number of rotatable bonds is 3. The molecule has 0 radical (unpaired) electrons. The second-order valence-corrected chi connectivity index (χ2v) is 5.47. The first-order valence-corrected chi connectivity index (χ1v) is 6.64. The monoisotopic (exact) mass is 251 g/mol. The van der Waals surface area contributed by atoms with E-state index in [4.69, 9.17) is 5.73 Å². The van der Waals surface area contributed by atoms with Gasteiger partial charge in [-0.15, -0.1) is 11.3 Å². The molecule has 5 heteroatoms. The zero-order chi connectivity index (χ0) is 12.4. The molecule has 0 bridgehead atoms. The van der Waals surface area contributed by atoms with Crippen molar-refractivity contribution < 1.29 is 4.79 Å². The summed E-state index contributed by atoms with van der Waals surface area (Å²) in [5.41, 5.74) is 6.74. The topological polar surface area (TPSA) is 68.0 Å². The number of nitrogens with one attached hydrogen (secondary N) is 1. The maximum atomic E-state index is 11.9. The largest absolute Gasteiger partial charge is 0.324 e. The molecule has 0 aliphatic heterocycles. The van der Waals surface area contributed by atoms with Crippen molar-refractivity contribution in [3.63, 3.8) is 0 Å². The van der Waals surface area contributed by atoms with E-state index in [0.29, 0.717) is 17.5 Å². The van der Waals surface area contributed by atoms with E-state index in [-0.39, 0.29) is 17.9 Å². The van der Waals surface area contributed by atoms with E-state index in [1.807, 2.05) is 17.5 Å². The average Bonchev–Trinajstić information content (AvgIpc) is 2.86. The second kappa shape index (κ2) is 4.98. The van der Waals surface area contributed by atoms with Crippen LogP contribution in [0.25, 0.3) is 0 Å². The smallest absolute Gasteiger partial charge is 0.233 e. The number of nitrogens with zero attached hydrogens (tertiary/aromatic N) is 1. The summed E-state index contributed by atoms with van der Waals surface area (Å²) in [7, 11) is 0. The van der Waals surface area contributed by atoms with Crippen molar-refractivity contribution in [1.82, 2.24) is 4.98 Å². The van der Waals surface area contributed by atoms with Gasteiger partial charge in [-0.3, -0.25) is 4.79 Å². The Morgan fingerprint density at radius 1 is 1.59 bits per heavy atom.